The number of rotatable bonds is 7. The molecule has 1 saturated heterocycles. The van der Waals surface area contributed by atoms with Crippen LogP contribution in [0, 0.1) is 0 Å². The topological polar surface area (TPSA) is 96.4 Å². The lowest BCUT2D eigenvalue weighted by molar-refractivity contribution is -0.139. The van der Waals surface area contributed by atoms with E-state index in [-0.39, 0.29) is 24.3 Å². The van der Waals surface area contributed by atoms with E-state index >= 15 is 0 Å². The van der Waals surface area contributed by atoms with Gasteiger partial charge in [-0.3, -0.25) is 0 Å². The number of hydrogen-bond donors (Lipinski definition) is 2. The number of aliphatic hydroxyl groups is 1. The Kier molecular flexibility index (Phi) is 8.48. The predicted molar refractivity (Wildman–Crippen MR) is 68.6 cm³/mol. The van der Waals surface area contributed by atoms with E-state index in [2.05, 4.69) is 13.2 Å². The number of hydrogen-bond acceptors (Lipinski definition) is 5. The molecule has 0 radical (unpaired) electrons. The molecule has 1 heterocycles. The van der Waals surface area contributed by atoms with E-state index in [9.17, 15) is 9.59 Å². The van der Waals surface area contributed by atoms with Crippen molar-refractivity contribution >= 4 is 11.9 Å². The summed E-state index contributed by atoms with van der Waals surface area (Å²) in [6.45, 7) is 9.44. The van der Waals surface area contributed by atoms with Gasteiger partial charge in [-0.1, -0.05) is 13.2 Å². The Bertz CT molecular complexity index is 343. The molecule has 0 aliphatic carbocycles. The largest absolute Gasteiger partial charge is 0.478 e. The van der Waals surface area contributed by atoms with Crippen molar-refractivity contribution < 1.29 is 29.3 Å². The van der Waals surface area contributed by atoms with Gasteiger partial charge in [0.25, 0.3) is 0 Å². The number of carbonyl (C=O) groups is 2. The first-order valence-electron chi connectivity index (χ1n) is 5.84. The molecule has 1 rings (SSSR count). The van der Waals surface area contributed by atoms with Gasteiger partial charge in [-0.05, 0) is 19.8 Å². The average Bonchev–Trinajstić information content (AvgIpc) is 3.17. The Labute approximate surface area is 112 Å². The molecule has 0 aromatic carbocycles. The monoisotopic (exact) mass is 272 g/mol. The molecule has 1 aliphatic rings. The minimum absolute atomic E-state index is 0.0201. The maximum Gasteiger partial charge on any atom is 0.333 e. The summed E-state index contributed by atoms with van der Waals surface area (Å²) in [7, 11) is 0. The van der Waals surface area contributed by atoms with Gasteiger partial charge in [-0.2, -0.15) is 0 Å². The molecule has 0 amide bonds. The van der Waals surface area contributed by atoms with Crippen LogP contribution in [0.3, 0.4) is 0 Å². The Morgan fingerprint density at radius 3 is 2.37 bits per heavy atom. The third-order valence-corrected chi connectivity index (χ3v) is 2.09. The van der Waals surface area contributed by atoms with Gasteiger partial charge in [0, 0.05) is 17.8 Å². The van der Waals surface area contributed by atoms with Crippen LogP contribution >= 0.6 is 0 Å². The number of carboxylic acid groups (broad SMARTS) is 1. The van der Waals surface area contributed by atoms with Crippen LogP contribution < -0.4 is 0 Å². The molecule has 0 spiro atoms. The summed E-state index contributed by atoms with van der Waals surface area (Å²) in [4.78, 5) is 20.7. The molecule has 1 aliphatic heterocycles. The molecule has 6 heteroatoms. The Morgan fingerprint density at radius 1 is 1.42 bits per heavy atom. The van der Waals surface area contributed by atoms with Crippen molar-refractivity contribution in [3.8, 4) is 0 Å². The number of esters is 1. The Balaban J connectivity index is 0.000000344. The van der Waals surface area contributed by atoms with E-state index in [1.807, 2.05) is 0 Å². The zero-order chi connectivity index (χ0) is 14.8. The number of ether oxygens (including phenoxy) is 2. The Morgan fingerprint density at radius 2 is 2.00 bits per heavy atom. The molecule has 0 aromatic heterocycles. The molecule has 19 heavy (non-hydrogen) atoms. The third kappa shape index (κ3) is 9.99. The van der Waals surface area contributed by atoms with Crippen LogP contribution in [0.15, 0.2) is 24.3 Å². The van der Waals surface area contributed by atoms with Crippen molar-refractivity contribution in [2.24, 2.45) is 0 Å². The van der Waals surface area contributed by atoms with Crippen molar-refractivity contribution in [2.75, 3.05) is 19.8 Å². The van der Waals surface area contributed by atoms with Crippen LogP contribution in [0.25, 0.3) is 0 Å². The average molecular weight is 272 g/mol. The zero-order valence-corrected chi connectivity index (χ0v) is 11.1. The van der Waals surface area contributed by atoms with Crippen LogP contribution in [-0.4, -0.2) is 48.1 Å². The quantitative estimate of drug-likeness (QED) is 0.406. The highest BCUT2D eigenvalue weighted by Gasteiger charge is 2.24. The van der Waals surface area contributed by atoms with Gasteiger partial charge in [0.05, 0.1) is 6.61 Å². The van der Waals surface area contributed by atoms with Gasteiger partial charge in [-0.25, -0.2) is 9.59 Å². The summed E-state index contributed by atoms with van der Waals surface area (Å²) in [6.07, 6.45) is 0.986. The van der Waals surface area contributed by atoms with Gasteiger partial charge in [0.1, 0.15) is 12.7 Å². The lowest BCUT2D eigenvalue weighted by atomic mass is 10.2. The van der Waals surface area contributed by atoms with Gasteiger partial charge in [0.15, 0.2) is 0 Å². The van der Waals surface area contributed by atoms with E-state index in [0.29, 0.717) is 31.6 Å². The van der Waals surface area contributed by atoms with Gasteiger partial charge in [0.2, 0.25) is 0 Å². The maximum atomic E-state index is 10.7. The summed E-state index contributed by atoms with van der Waals surface area (Å²) in [6, 6.07) is 0. The summed E-state index contributed by atoms with van der Waals surface area (Å²) >= 11 is 0. The van der Waals surface area contributed by atoms with Crippen molar-refractivity contribution in [3.05, 3.63) is 24.3 Å². The lowest BCUT2D eigenvalue weighted by Crippen LogP contribution is -2.09. The van der Waals surface area contributed by atoms with Crippen molar-refractivity contribution in [2.45, 2.75) is 25.9 Å². The maximum absolute atomic E-state index is 10.7. The summed E-state index contributed by atoms with van der Waals surface area (Å²) < 4.78 is 9.60. The van der Waals surface area contributed by atoms with Crippen molar-refractivity contribution in [3.63, 3.8) is 0 Å². The number of aliphatic carboxylic acids is 1. The fourth-order valence-electron chi connectivity index (χ4n) is 0.855. The molecular weight excluding hydrogens is 252 g/mol. The molecule has 0 bridgehead atoms. The highest BCUT2D eigenvalue weighted by Crippen LogP contribution is 2.09. The van der Waals surface area contributed by atoms with Crippen LogP contribution in [0.2, 0.25) is 0 Å². The SMILES string of the molecule is C=C(C)C(=O)OCC1CO1.C=C(CCCO)C(=O)O. The summed E-state index contributed by atoms with van der Waals surface area (Å²) in [5, 5.41) is 16.5. The van der Waals surface area contributed by atoms with E-state index < -0.39 is 5.97 Å². The van der Waals surface area contributed by atoms with Crippen molar-refractivity contribution in [1.82, 2.24) is 0 Å². The summed E-state index contributed by atoms with van der Waals surface area (Å²) in [5.41, 5.74) is 0.588. The first kappa shape index (κ1) is 17.3. The van der Waals surface area contributed by atoms with E-state index in [0.717, 1.165) is 0 Å². The molecule has 1 fully saturated rings. The number of epoxide rings is 1. The van der Waals surface area contributed by atoms with E-state index in [4.69, 9.17) is 19.7 Å². The van der Waals surface area contributed by atoms with Gasteiger partial charge < -0.3 is 19.7 Å². The fourth-order valence-corrected chi connectivity index (χ4v) is 0.855. The second-order valence-electron chi connectivity index (χ2n) is 4.07. The van der Waals surface area contributed by atoms with E-state index in [1.165, 1.54) is 0 Å². The lowest BCUT2D eigenvalue weighted by Gasteiger charge is -1.99. The molecule has 108 valence electrons. The first-order chi connectivity index (χ1) is 8.88. The molecule has 1 atom stereocenters. The molecular formula is C13H20O6. The van der Waals surface area contributed by atoms with Crippen LogP contribution in [-0.2, 0) is 19.1 Å². The minimum Gasteiger partial charge on any atom is -0.478 e. The molecule has 0 saturated carbocycles. The predicted octanol–water partition coefficient (Wildman–Crippen LogP) is 0.904. The third-order valence-electron chi connectivity index (χ3n) is 2.09. The van der Waals surface area contributed by atoms with Crippen LogP contribution in [0.5, 0.6) is 0 Å². The van der Waals surface area contributed by atoms with Crippen LogP contribution in [0.4, 0.5) is 0 Å². The smallest absolute Gasteiger partial charge is 0.333 e. The van der Waals surface area contributed by atoms with Gasteiger partial charge in [-0.15, -0.1) is 0 Å². The minimum atomic E-state index is -0.983. The van der Waals surface area contributed by atoms with Crippen molar-refractivity contribution in [1.29, 1.82) is 0 Å². The standard InChI is InChI=1S/C7H10O3.C6H10O3/c1-5(2)7(8)10-4-6-3-9-6;1-5(6(8)9)3-2-4-7/h6H,1,3-4H2,2H3;7H,1-4H2,(H,8,9). The highest BCUT2D eigenvalue weighted by atomic mass is 16.6. The Hall–Kier alpha value is -1.66. The molecule has 1 unspecified atom stereocenters. The molecule has 6 nitrogen and oxygen atoms in total. The normalized spacial score (nSPS) is 15.8. The highest BCUT2D eigenvalue weighted by molar-refractivity contribution is 5.87. The number of carbonyl (C=O) groups excluding carboxylic acids is 1. The first-order valence-corrected chi connectivity index (χ1v) is 5.84. The number of carboxylic acids is 1. The summed E-state index contributed by atoms with van der Waals surface area (Å²) in [5.74, 6) is -1.32. The van der Waals surface area contributed by atoms with Gasteiger partial charge >= 0.3 is 11.9 Å². The van der Waals surface area contributed by atoms with E-state index in [1.54, 1.807) is 6.92 Å². The van der Waals surface area contributed by atoms with Crippen LogP contribution in [0.1, 0.15) is 19.8 Å². The molecule has 2 N–H and O–H groups in total. The second kappa shape index (κ2) is 9.29. The number of aliphatic hydroxyl groups excluding tert-OH is 1. The molecule has 0 aromatic rings. The fraction of sp³-hybridized carbons (Fsp3) is 0.538. The second-order valence-corrected chi connectivity index (χ2v) is 4.07. The zero-order valence-electron chi connectivity index (χ0n) is 11.1.